The number of hydrogen-bond acceptors (Lipinski definition) is 3. The zero-order valence-electron chi connectivity index (χ0n) is 8.10. The predicted molar refractivity (Wildman–Crippen MR) is 59.9 cm³/mol. The van der Waals surface area contributed by atoms with Crippen LogP contribution in [-0.4, -0.2) is 12.3 Å². The first-order valence-corrected chi connectivity index (χ1v) is 4.89. The molecule has 1 aromatic heterocycles. The van der Waals surface area contributed by atoms with Crippen LogP contribution in [0.4, 0.5) is 0 Å². The summed E-state index contributed by atoms with van der Waals surface area (Å²) in [6.45, 7) is 0.789. The number of para-hydroxylation sites is 1. The Kier molecular flexibility index (Phi) is 1.81. The Hall–Kier alpha value is -2.03. The molecule has 0 aliphatic carbocycles. The first-order valence-electron chi connectivity index (χ1n) is 4.89. The van der Waals surface area contributed by atoms with Gasteiger partial charge in [-0.15, -0.1) is 0 Å². The number of hydrazone groups is 1. The molecule has 0 bridgehead atoms. The molecule has 0 unspecified atom stereocenters. The van der Waals surface area contributed by atoms with Gasteiger partial charge in [-0.3, -0.25) is 0 Å². The van der Waals surface area contributed by atoms with Gasteiger partial charge in [-0.2, -0.15) is 5.10 Å². The van der Waals surface area contributed by atoms with E-state index in [9.17, 15) is 0 Å². The maximum Gasteiger partial charge on any atom is 0.143 e. The van der Waals surface area contributed by atoms with Gasteiger partial charge in [0.2, 0.25) is 0 Å². The van der Waals surface area contributed by atoms with Gasteiger partial charge >= 0.3 is 0 Å². The third kappa shape index (κ3) is 1.32. The molecular weight excluding hydrogens is 188 g/mol. The quantitative estimate of drug-likeness (QED) is 0.763. The minimum atomic E-state index is 0.789. The fraction of sp³-hybridized carbons (Fsp3) is 0.0833. The Morgan fingerprint density at radius 2 is 2.27 bits per heavy atom. The van der Waals surface area contributed by atoms with Crippen LogP contribution in [0.2, 0.25) is 0 Å². The van der Waals surface area contributed by atoms with E-state index in [0.29, 0.717) is 0 Å². The van der Waals surface area contributed by atoms with Gasteiger partial charge in [0, 0.05) is 10.9 Å². The van der Waals surface area contributed by atoms with Gasteiger partial charge in [0.1, 0.15) is 5.58 Å². The number of furan rings is 1. The summed E-state index contributed by atoms with van der Waals surface area (Å²) in [6.07, 6.45) is 5.76. The molecule has 0 fully saturated rings. The molecule has 74 valence electrons. The molecule has 0 amide bonds. The van der Waals surface area contributed by atoms with Crippen LogP contribution < -0.4 is 5.43 Å². The third-order valence-electron chi connectivity index (χ3n) is 2.44. The van der Waals surface area contributed by atoms with Crippen LogP contribution in [0.5, 0.6) is 0 Å². The fourth-order valence-corrected chi connectivity index (χ4v) is 1.74. The first-order chi connectivity index (χ1) is 7.45. The van der Waals surface area contributed by atoms with Crippen LogP contribution in [0.3, 0.4) is 0 Å². The maximum atomic E-state index is 5.46. The van der Waals surface area contributed by atoms with E-state index < -0.39 is 0 Å². The summed E-state index contributed by atoms with van der Waals surface area (Å²) < 4.78 is 5.46. The Balaban J connectivity index is 2.21. The molecule has 15 heavy (non-hydrogen) atoms. The van der Waals surface area contributed by atoms with Crippen molar-refractivity contribution in [3.05, 3.63) is 48.2 Å². The number of benzene rings is 1. The summed E-state index contributed by atoms with van der Waals surface area (Å²) in [7, 11) is 0. The van der Waals surface area contributed by atoms with Crippen molar-refractivity contribution in [1.29, 1.82) is 0 Å². The lowest BCUT2D eigenvalue weighted by Gasteiger charge is -2.07. The molecule has 2 heterocycles. The molecule has 3 heteroatoms. The summed E-state index contributed by atoms with van der Waals surface area (Å²) in [6, 6.07) is 8.02. The Bertz CT molecular complexity index is 552. The number of nitrogens with zero attached hydrogens (tertiary/aromatic N) is 1. The molecule has 0 spiro atoms. The Morgan fingerprint density at radius 3 is 3.13 bits per heavy atom. The van der Waals surface area contributed by atoms with Gasteiger partial charge in [-0.25, -0.2) is 0 Å². The monoisotopic (exact) mass is 198 g/mol. The second-order valence-corrected chi connectivity index (χ2v) is 3.41. The zero-order valence-corrected chi connectivity index (χ0v) is 8.10. The molecule has 3 nitrogen and oxygen atoms in total. The normalized spacial score (nSPS) is 15.1. The number of hydrogen-bond donors (Lipinski definition) is 1. The van der Waals surface area contributed by atoms with Gasteiger partial charge in [0.15, 0.2) is 0 Å². The molecule has 3 rings (SSSR count). The van der Waals surface area contributed by atoms with E-state index in [2.05, 4.69) is 10.5 Å². The van der Waals surface area contributed by atoms with Crippen LogP contribution in [0.25, 0.3) is 11.0 Å². The highest BCUT2D eigenvalue weighted by molar-refractivity contribution is 6.15. The number of allylic oxidation sites excluding steroid dienone is 1. The third-order valence-corrected chi connectivity index (χ3v) is 2.44. The van der Waals surface area contributed by atoms with Crippen LogP contribution in [-0.2, 0) is 0 Å². The van der Waals surface area contributed by atoms with Crippen molar-refractivity contribution in [2.45, 2.75) is 0 Å². The predicted octanol–water partition coefficient (Wildman–Crippen LogP) is 2.30. The largest absolute Gasteiger partial charge is 0.464 e. The van der Waals surface area contributed by atoms with Gasteiger partial charge in [0.05, 0.1) is 18.5 Å². The maximum absolute atomic E-state index is 5.46. The van der Waals surface area contributed by atoms with Gasteiger partial charge < -0.3 is 9.84 Å². The lowest BCUT2D eigenvalue weighted by atomic mass is 10.1. The lowest BCUT2D eigenvalue weighted by Crippen LogP contribution is -2.14. The number of fused-ring (bicyclic) bond motifs is 1. The van der Waals surface area contributed by atoms with Crippen LogP contribution in [0, 0.1) is 0 Å². The van der Waals surface area contributed by atoms with Crippen molar-refractivity contribution < 1.29 is 4.42 Å². The summed E-state index contributed by atoms with van der Waals surface area (Å²) in [5.41, 5.74) is 5.79. The molecule has 0 saturated carbocycles. The highest BCUT2D eigenvalue weighted by Gasteiger charge is 2.09. The summed E-state index contributed by atoms with van der Waals surface area (Å²) in [5.74, 6) is 0. The zero-order chi connectivity index (χ0) is 10.1. The van der Waals surface area contributed by atoms with Crippen LogP contribution >= 0.6 is 0 Å². The fourth-order valence-electron chi connectivity index (χ4n) is 1.74. The molecule has 0 saturated heterocycles. The van der Waals surface area contributed by atoms with E-state index in [1.165, 1.54) is 0 Å². The van der Waals surface area contributed by atoms with Gasteiger partial charge in [-0.05, 0) is 18.2 Å². The van der Waals surface area contributed by atoms with E-state index in [1.54, 1.807) is 6.26 Å². The second kappa shape index (κ2) is 3.28. The minimum absolute atomic E-state index is 0.789. The van der Waals surface area contributed by atoms with Crippen LogP contribution in [0.1, 0.15) is 5.56 Å². The Morgan fingerprint density at radius 1 is 1.27 bits per heavy atom. The average Bonchev–Trinajstić information content (AvgIpc) is 2.78. The SMILES string of the molecule is C1=CC(c2cccc3ccoc23)=NNC1. The van der Waals surface area contributed by atoms with E-state index >= 15 is 0 Å². The van der Waals surface area contributed by atoms with Gasteiger partial charge in [-0.1, -0.05) is 18.2 Å². The smallest absolute Gasteiger partial charge is 0.143 e. The molecule has 0 radical (unpaired) electrons. The minimum Gasteiger partial charge on any atom is -0.464 e. The topological polar surface area (TPSA) is 37.5 Å². The first kappa shape index (κ1) is 8.29. The summed E-state index contributed by atoms with van der Waals surface area (Å²) in [4.78, 5) is 0. The van der Waals surface area contributed by atoms with Crippen molar-refractivity contribution in [1.82, 2.24) is 5.43 Å². The van der Waals surface area contributed by atoms with E-state index in [0.717, 1.165) is 28.8 Å². The molecule has 1 N–H and O–H groups in total. The van der Waals surface area contributed by atoms with Crippen molar-refractivity contribution in [2.75, 3.05) is 6.54 Å². The molecule has 1 aromatic carbocycles. The van der Waals surface area contributed by atoms with Crippen molar-refractivity contribution in [3.8, 4) is 0 Å². The highest BCUT2D eigenvalue weighted by atomic mass is 16.3. The molecular formula is C12H10N2O. The summed E-state index contributed by atoms with van der Waals surface area (Å²) >= 11 is 0. The lowest BCUT2D eigenvalue weighted by molar-refractivity contribution is 0.615. The van der Waals surface area contributed by atoms with E-state index in [1.807, 2.05) is 36.4 Å². The second-order valence-electron chi connectivity index (χ2n) is 3.41. The standard InChI is InChI=1S/C12H10N2O/c1-3-9-6-8-15-12(9)10(4-1)11-5-2-7-13-14-11/h1-6,8,13H,7H2. The molecule has 1 aliphatic rings. The van der Waals surface area contributed by atoms with E-state index in [-0.39, 0.29) is 0 Å². The molecule has 1 aliphatic heterocycles. The molecule has 2 aromatic rings. The van der Waals surface area contributed by atoms with E-state index in [4.69, 9.17) is 4.42 Å². The van der Waals surface area contributed by atoms with Crippen molar-refractivity contribution in [3.63, 3.8) is 0 Å². The van der Waals surface area contributed by atoms with Crippen molar-refractivity contribution >= 4 is 16.7 Å². The van der Waals surface area contributed by atoms with Crippen molar-refractivity contribution in [2.24, 2.45) is 5.10 Å². The Labute approximate surface area is 87.1 Å². The van der Waals surface area contributed by atoms with Gasteiger partial charge in [0.25, 0.3) is 0 Å². The highest BCUT2D eigenvalue weighted by Crippen LogP contribution is 2.21. The number of nitrogens with one attached hydrogen (secondary N) is 1. The average molecular weight is 198 g/mol. The molecule has 0 atom stereocenters. The summed E-state index contributed by atoms with van der Waals surface area (Å²) in [5, 5.41) is 5.35. The van der Waals surface area contributed by atoms with Crippen LogP contribution in [0.15, 0.2) is 52.2 Å². The number of rotatable bonds is 1.